The van der Waals surface area contributed by atoms with Gasteiger partial charge in [-0.25, -0.2) is 13.4 Å². The average Bonchev–Trinajstić information content (AvgIpc) is 3.11. The zero-order chi connectivity index (χ0) is 16.3. The molecule has 0 bridgehead atoms. The molecule has 0 unspecified atom stereocenters. The molecule has 1 N–H and O–H groups in total. The van der Waals surface area contributed by atoms with Crippen molar-refractivity contribution in [3.8, 4) is 0 Å². The first-order valence-electron chi connectivity index (χ1n) is 6.87. The Bertz CT molecular complexity index is 861. The van der Waals surface area contributed by atoms with Crippen molar-refractivity contribution >= 4 is 38.6 Å². The van der Waals surface area contributed by atoms with Crippen molar-refractivity contribution in [2.75, 3.05) is 16.7 Å². The topological polar surface area (TPSA) is 62.3 Å². The third-order valence-corrected chi connectivity index (χ3v) is 6.03. The minimum absolute atomic E-state index is 0.268. The highest BCUT2D eigenvalue weighted by Crippen LogP contribution is 2.24. The van der Waals surface area contributed by atoms with Crippen LogP contribution in [0.15, 0.2) is 70.4 Å². The molecule has 7 heteroatoms. The molecule has 0 saturated heterocycles. The number of sulfonamides is 1. The molecule has 0 radical (unpaired) electrons. The molecule has 0 aliphatic carbocycles. The highest BCUT2D eigenvalue weighted by molar-refractivity contribution is 7.94. The van der Waals surface area contributed by atoms with E-state index in [9.17, 15) is 8.42 Å². The fraction of sp³-hybridized carbons (Fsp3) is 0.0625. The normalized spacial score (nSPS) is 11.2. The van der Waals surface area contributed by atoms with Gasteiger partial charge in [-0.1, -0.05) is 24.3 Å². The number of para-hydroxylation sites is 1. The van der Waals surface area contributed by atoms with Crippen molar-refractivity contribution in [2.45, 2.75) is 4.21 Å². The number of anilines is 3. The fourth-order valence-corrected chi connectivity index (χ4v) is 4.05. The standard InChI is InChI=1S/C16H15N3O2S2/c1-19(13-6-3-2-4-7-13)14-9-10-15(17-12-14)18-23(20,21)16-8-5-11-22-16/h2-12H,1H3,(H,17,18). The van der Waals surface area contributed by atoms with E-state index in [1.807, 2.05) is 48.3 Å². The molecule has 3 aromatic rings. The Hall–Kier alpha value is -2.38. The Morgan fingerprint density at radius 1 is 1.00 bits per heavy atom. The number of aromatic nitrogens is 1. The van der Waals surface area contributed by atoms with Crippen LogP contribution in [-0.4, -0.2) is 20.4 Å². The molecule has 3 rings (SSSR count). The summed E-state index contributed by atoms with van der Waals surface area (Å²) in [6.07, 6.45) is 1.64. The van der Waals surface area contributed by atoms with E-state index in [4.69, 9.17) is 0 Å². The van der Waals surface area contributed by atoms with Gasteiger partial charge in [0.1, 0.15) is 10.0 Å². The van der Waals surface area contributed by atoms with Gasteiger partial charge in [-0.05, 0) is 35.7 Å². The molecule has 23 heavy (non-hydrogen) atoms. The summed E-state index contributed by atoms with van der Waals surface area (Å²) < 4.78 is 27.1. The van der Waals surface area contributed by atoms with Crippen LogP contribution >= 0.6 is 11.3 Å². The number of hydrogen-bond acceptors (Lipinski definition) is 5. The van der Waals surface area contributed by atoms with E-state index in [0.717, 1.165) is 11.4 Å². The molecule has 0 spiro atoms. The van der Waals surface area contributed by atoms with E-state index in [2.05, 4.69) is 9.71 Å². The lowest BCUT2D eigenvalue weighted by atomic mass is 10.3. The molecule has 2 heterocycles. The summed E-state index contributed by atoms with van der Waals surface area (Å²) in [6.45, 7) is 0. The van der Waals surface area contributed by atoms with Gasteiger partial charge in [0.25, 0.3) is 10.0 Å². The fourth-order valence-electron chi connectivity index (χ4n) is 2.05. The Labute approximate surface area is 139 Å². The number of thiophene rings is 1. The van der Waals surface area contributed by atoms with Crippen LogP contribution in [0.3, 0.4) is 0 Å². The number of nitrogens with one attached hydrogen (secondary N) is 1. The van der Waals surface area contributed by atoms with Gasteiger partial charge in [-0.15, -0.1) is 11.3 Å². The summed E-state index contributed by atoms with van der Waals surface area (Å²) in [7, 11) is -1.63. The number of benzene rings is 1. The number of rotatable bonds is 5. The minimum atomic E-state index is -3.56. The van der Waals surface area contributed by atoms with E-state index >= 15 is 0 Å². The van der Waals surface area contributed by atoms with Gasteiger partial charge >= 0.3 is 0 Å². The first-order valence-corrected chi connectivity index (χ1v) is 9.24. The quantitative estimate of drug-likeness (QED) is 0.766. The zero-order valence-electron chi connectivity index (χ0n) is 12.4. The maximum atomic E-state index is 12.2. The van der Waals surface area contributed by atoms with Gasteiger partial charge in [-0.3, -0.25) is 4.72 Å². The largest absolute Gasteiger partial charge is 0.343 e. The highest BCUT2D eigenvalue weighted by Gasteiger charge is 2.15. The lowest BCUT2D eigenvalue weighted by molar-refractivity contribution is 0.603. The molecule has 0 saturated carbocycles. The Morgan fingerprint density at radius 3 is 2.39 bits per heavy atom. The summed E-state index contributed by atoms with van der Waals surface area (Å²) in [5, 5.41) is 1.72. The van der Waals surface area contributed by atoms with E-state index in [1.165, 1.54) is 11.3 Å². The number of pyridine rings is 1. The molecule has 0 amide bonds. The predicted octanol–water partition coefficient (Wildman–Crippen LogP) is 3.71. The zero-order valence-corrected chi connectivity index (χ0v) is 14.0. The lowest BCUT2D eigenvalue weighted by Gasteiger charge is -2.19. The maximum absolute atomic E-state index is 12.2. The van der Waals surface area contributed by atoms with Crippen molar-refractivity contribution in [2.24, 2.45) is 0 Å². The summed E-state index contributed by atoms with van der Waals surface area (Å²) in [4.78, 5) is 6.17. The van der Waals surface area contributed by atoms with E-state index in [0.29, 0.717) is 5.82 Å². The molecular formula is C16H15N3O2S2. The summed E-state index contributed by atoms with van der Waals surface area (Å²) in [5.41, 5.74) is 1.90. The smallest absolute Gasteiger partial charge is 0.272 e. The lowest BCUT2D eigenvalue weighted by Crippen LogP contribution is -2.13. The van der Waals surface area contributed by atoms with Crippen LogP contribution in [0.5, 0.6) is 0 Å². The van der Waals surface area contributed by atoms with E-state index < -0.39 is 10.0 Å². The van der Waals surface area contributed by atoms with Crippen molar-refractivity contribution in [3.05, 3.63) is 66.2 Å². The molecule has 2 aromatic heterocycles. The monoisotopic (exact) mass is 345 g/mol. The van der Waals surface area contributed by atoms with Crippen LogP contribution in [0.2, 0.25) is 0 Å². The first-order chi connectivity index (χ1) is 11.1. The molecule has 1 aromatic carbocycles. The van der Waals surface area contributed by atoms with Crippen LogP contribution < -0.4 is 9.62 Å². The maximum Gasteiger partial charge on any atom is 0.272 e. The minimum Gasteiger partial charge on any atom is -0.343 e. The third-order valence-electron chi connectivity index (χ3n) is 3.28. The van der Waals surface area contributed by atoms with Crippen LogP contribution in [0, 0.1) is 0 Å². The van der Waals surface area contributed by atoms with E-state index in [-0.39, 0.29) is 4.21 Å². The van der Waals surface area contributed by atoms with Gasteiger partial charge in [0.15, 0.2) is 0 Å². The third kappa shape index (κ3) is 3.52. The molecule has 118 valence electrons. The highest BCUT2D eigenvalue weighted by atomic mass is 32.2. The van der Waals surface area contributed by atoms with Crippen LogP contribution in [0.25, 0.3) is 0 Å². The Morgan fingerprint density at radius 2 is 1.78 bits per heavy atom. The van der Waals surface area contributed by atoms with Crippen molar-refractivity contribution < 1.29 is 8.42 Å². The first kappa shape index (κ1) is 15.5. The van der Waals surface area contributed by atoms with Crippen LogP contribution in [0.4, 0.5) is 17.2 Å². The number of nitrogens with zero attached hydrogens (tertiary/aromatic N) is 2. The molecule has 5 nitrogen and oxygen atoms in total. The molecular weight excluding hydrogens is 330 g/mol. The second-order valence-electron chi connectivity index (χ2n) is 4.83. The summed E-state index contributed by atoms with van der Waals surface area (Å²) >= 11 is 1.17. The predicted molar refractivity (Wildman–Crippen MR) is 93.9 cm³/mol. The van der Waals surface area contributed by atoms with Crippen LogP contribution in [-0.2, 0) is 10.0 Å². The molecule has 0 fully saturated rings. The van der Waals surface area contributed by atoms with Gasteiger partial charge in [0.2, 0.25) is 0 Å². The van der Waals surface area contributed by atoms with Gasteiger partial charge in [-0.2, -0.15) is 0 Å². The second-order valence-corrected chi connectivity index (χ2v) is 7.69. The van der Waals surface area contributed by atoms with Gasteiger partial charge < -0.3 is 4.90 Å². The van der Waals surface area contributed by atoms with Crippen molar-refractivity contribution in [1.82, 2.24) is 4.98 Å². The average molecular weight is 345 g/mol. The molecule has 0 aliphatic heterocycles. The Balaban J connectivity index is 1.78. The number of hydrogen-bond donors (Lipinski definition) is 1. The summed E-state index contributed by atoms with van der Waals surface area (Å²) in [5.74, 6) is 0.295. The molecule has 0 aliphatic rings. The summed E-state index contributed by atoms with van der Waals surface area (Å²) in [6, 6.07) is 16.6. The van der Waals surface area contributed by atoms with Crippen molar-refractivity contribution in [3.63, 3.8) is 0 Å². The second kappa shape index (κ2) is 6.39. The SMILES string of the molecule is CN(c1ccccc1)c1ccc(NS(=O)(=O)c2cccs2)nc1. The molecule has 0 atom stereocenters. The Kier molecular flexibility index (Phi) is 4.31. The van der Waals surface area contributed by atoms with Gasteiger partial charge in [0, 0.05) is 12.7 Å². The van der Waals surface area contributed by atoms with Gasteiger partial charge in [0.05, 0.1) is 11.9 Å². The van der Waals surface area contributed by atoms with Crippen LogP contribution in [0.1, 0.15) is 0 Å². The van der Waals surface area contributed by atoms with Crippen molar-refractivity contribution in [1.29, 1.82) is 0 Å². The van der Waals surface area contributed by atoms with E-state index in [1.54, 1.807) is 29.8 Å².